The summed E-state index contributed by atoms with van der Waals surface area (Å²) in [6, 6.07) is 0. The van der Waals surface area contributed by atoms with Gasteiger partial charge < -0.3 is 34.2 Å². The molecule has 0 aromatic rings. The number of esters is 3. The minimum absolute atomic E-state index is 0.0392. The Morgan fingerprint density at radius 1 is 0.333 bits per heavy atom. The molecule has 0 amide bonds. The lowest BCUT2D eigenvalue weighted by Gasteiger charge is -2.21. The zero-order valence-corrected chi connectivity index (χ0v) is 55.2. The molecule has 0 aliphatic rings. The summed E-state index contributed by atoms with van der Waals surface area (Å²) < 4.78 is 60.6. The minimum atomic E-state index is -4.94. The summed E-state index contributed by atoms with van der Waals surface area (Å²) in [6.07, 6.45) is 71.1. The van der Waals surface area contributed by atoms with Crippen LogP contribution >= 0.6 is 15.6 Å². The van der Waals surface area contributed by atoms with Gasteiger partial charge in [0.05, 0.1) is 26.4 Å². The fourth-order valence-corrected chi connectivity index (χ4v) is 9.44. The number of carbonyl (C=O) groups excluding carboxylic acids is 3. The van der Waals surface area contributed by atoms with Crippen LogP contribution < -0.4 is 0 Å². The third kappa shape index (κ3) is 63.1. The predicted molar refractivity (Wildman–Crippen MR) is 353 cm³/mol. The van der Waals surface area contributed by atoms with Crippen LogP contribution in [0.15, 0.2) is 134 Å². The van der Waals surface area contributed by atoms with Crippen molar-refractivity contribution in [1.82, 2.24) is 0 Å². The van der Waals surface area contributed by atoms with E-state index in [0.29, 0.717) is 25.7 Å². The van der Waals surface area contributed by atoms with Crippen LogP contribution in [0.3, 0.4) is 0 Å². The zero-order valence-electron chi connectivity index (χ0n) is 53.4. The monoisotopic (exact) mass is 1260 g/mol. The number of carbonyl (C=O) groups is 3. The maximum Gasteiger partial charge on any atom is 0.472 e. The Labute approximate surface area is 525 Å². The highest BCUT2D eigenvalue weighted by Crippen LogP contribution is 2.45. The van der Waals surface area contributed by atoms with Crippen molar-refractivity contribution in [3.05, 3.63) is 134 Å². The zero-order chi connectivity index (χ0) is 63.8. The van der Waals surface area contributed by atoms with E-state index in [1.807, 2.05) is 18.2 Å². The summed E-state index contributed by atoms with van der Waals surface area (Å²) >= 11 is 0. The molecule has 5 unspecified atom stereocenters. The highest BCUT2D eigenvalue weighted by atomic mass is 31.2. The normalized spacial score (nSPS) is 15.2. The van der Waals surface area contributed by atoms with E-state index in [4.69, 9.17) is 32.3 Å². The van der Waals surface area contributed by atoms with E-state index in [0.717, 1.165) is 122 Å². The first kappa shape index (κ1) is 82.7. The second kappa shape index (κ2) is 61.9. The van der Waals surface area contributed by atoms with E-state index in [2.05, 4.69) is 136 Å². The number of allylic oxidation sites excluding steroid dienone is 22. The Morgan fingerprint density at radius 2 is 0.644 bits per heavy atom. The molecule has 5 atom stereocenters. The second-order valence-electron chi connectivity index (χ2n) is 21.2. The van der Waals surface area contributed by atoms with Crippen molar-refractivity contribution in [2.24, 2.45) is 0 Å². The molecule has 0 spiro atoms. The highest BCUT2D eigenvalue weighted by molar-refractivity contribution is 7.47. The molecule has 496 valence electrons. The summed E-state index contributed by atoms with van der Waals surface area (Å²) in [5.41, 5.74) is 0. The lowest BCUT2D eigenvalue weighted by atomic mass is 10.1. The molecule has 0 bridgehead atoms. The number of hydrogen-bond donors (Lipinski definition) is 4. The summed E-state index contributed by atoms with van der Waals surface area (Å²) in [5.74, 6) is -1.71. The van der Waals surface area contributed by atoms with Crippen LogP contribution in [0.25, 0.3) is 0 Å². The van der Waals surface area contributed by atoms with Gasteiger partial charge in [-0.15, -0.1) is 0 Å². The summed E-state index contributed by atoms with van der Waals surface area (Å²) in [5, 5.41) is 20.5. The Morgan fingerprint density at radius 3 is 1.08 bits per heavy atom. The Kier molecular flexibility index (Phi) is 58.8. The quantitative estimate of drug-likeness (QED) is 0.0146. The van der Waals surface area contributed by atoms with Gasteiger partial charge >= 0.3 is 33.6 Å². The topological polar surface area (TPSA) is 231 Å². The maximum atomic E-state index is 12.8. The predicted octanol–water partition coefficient (Wildman–Crippen LogP) is 17.6. The lowest BCUT2D eigenvalue weighted by molar-refractivity contribution is -0.161. The summed E-state index contributed by atoms with van der Waals surface area (Å²) in [7, 11) is -9.80. The molecule has 0 heterocycles. The van der Waals surface area contributed by atoms with Crippen LogP contribution in [0, 0.1) is 0 Å². The Bertz CT molecular complexity index is 2120. The first-order valence-electron chi connectivity index (χ1n) is 32.5. The van der Waals surface area contributed by atoms with Crippen molar-refractivity contribution in [3.63, 3.8) is 0 Å². The first-order chi connectivity index (χ1) is 42.2. The van der Waals surface area contributed by atoms with Gasteiger partial charge in [-0.3, -0.25) is 32.5 Å². The molecular formula is C69H114O16P2. The van der Waals surface area contributed by atoms with Gasteiger partial charge in [0.2, 0.25) is 0 Å². The number of phosphoric acid groups is 2. The van der Waals surface area contributed by atoms with E-state index in [1.165, 1.54) is 38.5 Å². The third-order valence-electron chi connectivity index (χ3n) is 12.8. The van der Waals surface area contributed by atoms with Gasteiger partial charge in [-0.1, -0.05) is 219 Å². The molecule has 0 aliphatic carbocycles. The van der Waals surface area contributed by atoms with Gasteiger partial charge in [-0.25, -0.2) is 9.13 Å². The molecule has 0 saturated carbocycles. The smallest absolute Gasteiger partial charge is 0.463 e. The van der Waals surface area contributed by atoms with Gasteiger partial charge in [-0.2, -0.15) is 0 Å². The number of aliphatic hydroxyl groups excluding tert-OH is 2. The maximum absolute atomic E-state index is 12.8. The fourth-order valence-electron chi connectivity index (χ4n) is 7.85. The number of ether oxygens (including phenoxy) is 3. The van der Waals surface area contributed by atoms with Crippen LogP contribution in [-0.2, 0) is 55.8 Å². The van der Waals surface area contributed by atoms with Gasteiger partial charge in [0.15, 0.2) is 6.10 Å². The number of phosphoric ester groups is 2. The molecule has 87 heavy (non-hydrogen) atoms. The molecule has 0 aromatic carbocycles. The van der Waals surface area contributed by atoms with Crippen molar-refractivity contribution in [2.75, 3.05) is 39.6 Å². The van der Waals surface area contributed by atoms with Crippen molar-refractivity contribution in [1.29, 1.82) is 0 Å². The lowest BCUT2D eigenvalue weighted by Crippen LogP contribution is -2.30. The molecule has 0 aromatic heterocycles. The van der Waals surface area contributed by atoms with Crippen LogP contribution in [0.1, 0.15) is 226 Å². The largest absolute Gasteiger partial charge is 0.472 e. The van der Waals surface area contributed by atoms with Crippen molar-refractivity contribution in [2.45, 2.75) is 245 Å². The molecule has 0 saturated heterocycles. The van der Waals surface area contributed by atoms with Crippen LogP contribution in [0.2, 0.25) is 0 Å². The van der Waals surface area contributed by atoms with E-state index >= 15 is 0 Å². The van der Waals surface area contributed by atoms with E-state index in [9.17, 15) is 43.5 Å². The molecule has 16 nitrogen and oxygen atoms in total. The number of rotatable bonds is 60. The fraction of sp³-hybridized carbons (Fsp3) is 0.638. The average Bonchev–Trinajstić information content (AvgIpc) is 3.53. The summed E-state index contributed by atoms with van der Waals surface area (Å²) in [4.78, 5) is 58.2. The molecule has 0 radical (unpaired) electrons. The Hall–Kier alpha value is -4.31. The summed E-state index contributed by atoms with van der Waals surface area (Å²) in [6.45, 7) is 2.32. The van der Waals surface area contributed by atoms with E-state index in [-0.39, 0.29) is 19.3 Å². The van der Waals surface area contributed by atoms with Gasteiger partial charge in [0.1, 0.15) is 25.4 Å². The Balaban J connectivity index is 4.69. The molecular weight excluding hydrogens is 1150 g/mol. The molecule has 18 heteroatoms. The van der Waals surface area contributed by atoms with Gasteiger partial charge in [0.25, 0.3) is 0 Å². The van der Waals surface area contributed by atoms with Gasteiger partial charge in [0, 0.05) is 19.3 Å². The van der Waals surface area contributed by atoms with Crippen LogP contribution in [-0.4, -0.2) is 95.9 Å². The van der Waals surface area contributed by atoms with E-state index < -0.39 is 91.5 Å². The van der Waals surface area contributed by atoms with Crippen LogP contribution in [0.5, 0.6) is 0 Å². The number of aliphatic hydroxyl groups is 2. The van der Waals surface area contributed by atoms with Crippen molar-refractivity contribution in [3.8, 4) is 0 Å². The molecule has 0 fully saturated rings. The molecule has 0 rings (SSSR count). The SMILES string of the molecule is CC/C=C\C/C=C\C/C=C\C/C=C\C/C=C\C/C=C\CCC(=O)OCC(COP(=O)(O)OCC(O)COP(=O)(O)OCC(O)COC(=O)CCCCCCC/C=C\C/C=C\C/C=C\C/C=C\CCCCC)OC(=O)CCCCCCC/C=C\CCCC. The second-order valence-corrected chi connectivity index (χ2v) is 24.1. The van der Waals surface area contributed by atoms with Crippen LogP contribution in [0.4, 0.5) is 0 Å². The third-order valence-corrected chi connectivity index (χ3v) is 14.7. The van der Waals surface area contributed by atoms with Gasteiger partial charge in [-0.05, 0) is 122 Å². The number of hydrogen-bond acceptors (Lipinski definition) is 14. The number of unbranched alkanes of at least 4 members (excludes halogenated alkanes) is 15. The van der Waals surface area contributed by atoms with Crippen molar-refractivity contribution >= 4 is 33.6 Å². The van der Waals surface area contributed by atoms with E-state index in [1.54, 1.807) is 0 Å². The standard InChI is InChI=1S/C69H114O16P2/c1-4-7-10-13-16-19-22-24-26-28-30-31-33-35-36-38-41-43-46-49-52-55-67(72)79-58-64(70)59-81-86(75,76)82-60-65(71)61-83-87(77,78)84-63-66(85-69(74)57-54-51-48-45-40-21-18-15-12-9-6-3)62-80-68(73)56-53-50-47-44-42-39-37-34-32-29-27-25-23-20-17-14-11-8-5-2/h8,11,15-20,24-27,30-32,34-36,39,42,47,50,64-66,70-71H,4-7,9-10,12-14,21-23,28-29,33,37-38,40-41,43-46,48-49,51-63H2,1-3H3,(H,75,76)(H,77,78)/b11-8-,18-15-,19-16-,20-17-,26-24-,27-25-,31-30-,34-32-,36-35-,42-39-,50-47-. The average molecular weight is 1260 g/mol. The molecule has 0 aliphatic heterocycles. The highest BCUT2D eigenvalue weighted by Gasteiger charge is 2.29. The minimum Gasteiger partial charge on any atom is -0.463 e. The first-order valence-corrected chi connectivity index (χ1v) is 35.5. The molecule has 4 N–H and O–H groups in total. The van der Waals surface area contributed by atoms with Crippen molar-refractivity contribution < 1.29 is 75.8 Å².